The van der Waals surface area contributed by atoms with Crippen molar-refractivity contribution in [2.24, 2.45) is 0 Å². The number of hydrogen-bond donors (Lipinski definition) is 2. The number of aromatic nitrogens is 3. The molecular weight excluding hydrogens is 409 g/mol. The molecule has 1 saturated heterocycles. The van der Waals surface area contributed by atoms with Crippen molar-refractivity contribution in [2.45, 2.75) is 18.6 Å². The lowest BCUT2D eigenvalue weighted by Gasteiger charge is -2.28. The predicted octanol–water partition coefficient (Wildman–Crippen LogP) is 3.69. The van der Waals surface area contributed by atoms with Crippen LogP contribution >= 0.6 is 0 Å². The lowest BCUT2D eigenvalue weighted by Crippen LogP contribution is -2.45. The van der Waals surface area contributed by atoms with Crippen molar-refractivity contribution in [1.29, 1.82) is 0 Å². The van der Waals surface area contributed by atoms with E-state index in [0.717, 1.165) is 52.3 Å². The number of para-hydroxylation sites is 1. The molecule has 0 aliphatic carbocycles. The summed E-state index contributed by atoms with van der Waals surface area (Å²) >= 11 is 0. The Morgan fingerprint density at radius 3 is 3.03 bits per heavy atom. The minimum atomic E-state index is -0.929. The van der Waals surface area contributed by atoms with Crippen LogP contribution in [0, 0.1) is 0 Å². The molecule has 166 valence electrons. The van der Waals surface area contributed by atoms with Gasteiger partial charge in [-0.15, -0.1) is 0 Å². The third-order valence-corrected chi connectivity index (χ3v) is 5.77. The molecule has 3 aromatic heterocycles. The number of rotatable bonds is 7. The average Bonchev–Trinajstić information content (AvgIpc) is 3.24. The van der Waals surface area contributed by atoms with Crippen LogP contribution in [0.2, 0.25) is 0 Å². The van der Waals surface area contributed by atoms with E-state index in [0.29, 0.717) is 19.8 Å². The molecule has 0 bridgehead atoms. The van der Waals surface area contributed by atoms with E-state index in [1.165, 1.54) is 0 Å². The van der Waals surface area contributed by atoms with Gasteiger partial charge in [-0.05, 0) is 31.2 Å². The quantitative estimate of drug-likeness (QED) is 0.432. The molecule has 4 heterocycles. The first-order chi connectivity index (χ1) is 15.7. The Kier molecular flexibility index (Phi) is 5.87. The maximum atomic E-state index is 14.4. The SMILES string of the molecule is COCCOc1ccn2c(-c3ccc4cccc(NC5CCNC[C@@H]5F)c4n3)cnc2c1. The van der Waals surface area contributed by atoms with E-state index in [-0.39, 0.29) is 6.04 Å². The molecule has 8 heteroatoms. The number of nitrogens with one attached hydrogen (secondary N) is 2. The van der Waals surface area contributed by atoms with Gasteiger partial charge in [-0.3, -0.25) is 4.40 Å². The summed E-state index contributed by atoms with van der Waals surface area (Å²) in [4.78, 5) is 9.46. The summed E-state index contributed by atoms with van der Waals surface area (Å²) in [6.07, 6.45) is 3.54. The first-order valence-electron chi connectivity index (χ1n) is 10.8. The maximum Gasteiger partial charge on any atom is 0.140 e. The van der Waals surface area contributed by atoms with Crippen molar-refractivity contribution in [3.8, 4) is 17.1 Å². The van der Waals surface area contributed by atoms with Crippen LogP contribution in [0.1, 0.15) is 6.42 Å². The van der Waals surface area contributed by atoms with Crippen LogP contribution in [0.4, 0.5) is 10.1 Å². The van der Waals surface area contributed by atoms with Gasteiger partial charge in [-0.1, -0.05) is 18.2 Å². The van der Waals surface area contributed by atoms with Crippen LogP contribution in [-0.2, 0) is 4.74 Å². The largest absolute Gasteiger partial charge is 0.491 e. The maximum absolute atomic E-state index is 14.4. The third kappa shape index (κ3) is 4.11. The van der Waals surface area contributed by atoms with E-state index in [2.05, 4.69) is 15.6 Å². The van der Waals surface area contributed by atoms with E-state index >= 15 is 0 Å². The van der Waals surface area contributed by atoms with Gasteiger partial charge in [0, 0.05) is 31.3 Å². The molecule has 0 amide bonds. The van der Waals surface area contributed by atoms with Gasteiger partial charge in [-0.25, -0.2) is 14.4 Å². The number of piperidine rings is 1. The molecule has 1 unspecified atom stereocenters. The highest BCUT2D eigenvalue weighted by Gasteiger charge is 2.25. The molecular formula is C24H26FN5O2. The number of fused-ring (bicyclic) bond motifs is 2. The lowest BCUT2D eigenvalue weighted by molar-refractivity contribution is 0.146. The summed E-state index contributed by atoms with van der Waals surface area (Å²) in [5.74, 6) is 0.743. The van der Waals surface area contributed by atoms with Crippen LogP contribution in [0.5, 0.6) is 5.75 Å². The minimum absolute atomic E-state index is 0.223. The second-order valence-electron chi connectivity index (χ2n) is 7.91. The van der Waals surface area contributed by atoms with E-state index in [1.807, 2.05) is 59.3 Å². The minimum Gasteiger partial charge on any atom is -0.491 e. The number of methoxy groups -OCH3 is 1. The number of benzene rings is 1. The molecule has 1 aromatic carbocycles. The molecule has 1 aliphatic rings. The monoisotopic (exact) mass is 435 g/mol. The van der Waals surface area contributed by atoms with Gasteiger partial charge in [0.2, 0.25) is 0 Å². The van der Waals surface area contributed by atoms with Crippen LogP contribution in [0.3, 0.4) is 0 Å². The molecule has 2 atom stereocenters. The zero-order valence-corrected chi connectivity index (χ0v) is 17.9. The van der Waals surface area contributed by atoms with E-state index in [1.54, 1.807) is 7.11 Å². The number of imidazole rings is 1. The number of alkyl halides is 1. The number of anilines is 1. The number of nitrogens with zero attached hydrogens (tertiary/aromatic N) is 3. The predicted molar refractivity (Wildman–Crippen MR) is 123 cm³/mol. The van der Waals surface area contributed by atoms with Gasteiger partial charge in [0.25, 0.3) is 0 Å². The first kappa shape index (κ1) is 20.7. The molecule has 1 aliphatic heterocycles. The molecule has 1 fully saturated rings. The molecule has 2 N–H and O–H groups in total. The highest BCUT2D eigenvalue weighted by atomic mass is 19.1. The summed E-state index contributed by atoms with van der Waals surface area (Å²) in [7, 11) is 1.65. The zero-order valence-electron chi connectivity index (χ0n) is 17.9. The van der Waals surface area contributed by atoms with Crippen LogP contribution in [0.25, 0.3) is 27.9 Å². The van der Waals surface area contributed by atoms with Gasteiger partial charge in [0.05, 0.1) is 41.4 Å². The second-order valence-corrected chi connectivity index (χ2v) is 7.91. The highest BCUT2D eigenvalue weighted by Crippen LogP contribution is 2.28. The van der Waals surface area contributed by atoms with Gasteiger partial charge in [-0.2, -0.15) is 0 Å². The fourth-order valence-corrected chi connectivity index (χ4v) is 4.07. The van der Waals surface area contributed by atoms with Crippen LogP contribution < -0.4 is 15.4 Å². The lowest BCUT2D eigenvalue weighted by atomic mass is 10.0. The van der Waals surface area contributed by atoms with Gasteiger partial charge in [0.1, 0.15) is 24.2 Å². The fourth-order valence-electron chi connectivity index (χ4n) is 4.07. The first-order valence-corrected chi connectivity index (χ1v) is 10.8. The Hall–Kier alpha value is -3.23. The number of pyridine rings is 2. The molecule has 0 radical (unpaired) electrons. The van der Waals surface area contributed by atoms with E-state index in [4.69, 9.17) is 14.5 Å². The number of halogens is 1. The topological polar surface area (TPSA) is 72.7 Å². The van der Waals surface area contributed by atoms with Crippen molar-refractivity contribution in [3.05, 3.63) is 54.9 Å². The van der Waals surface area contributed by atoms with E-state index < -0.39 is 6.17 Å². The van der Waals surface area contributed by atoms with Crippen LogP contribution in [0.15, 0.2) is 54.9 Å². The Labute approximate surface area is 185 Å². The van der Waals surface area contributed by atoms with E-state index in [9.17, 15) is 4.39 Å². The summed E-state index contributed by atoms with van der Waals surface area (Å²) < 4.78 is 27.1. The molecule has 32 heavy (non-hydrogen) atoms. The Morgan fingerprint density at radius 2 is 2.16 bits per heavy atom. The normalized spacial score (nSPS) is 18.8. The summed E-state index contributed by atoms with van der Waals surface area (Å²) in [6.45, 7) is 2.20. The smallest absolute Gasteiger partial charge is 0.140 e. The Morgan fingerprint density at radius 1 is 1.22 bits per heavy atom. The number of hydrogen-bond acceptors (Lipinski definition) is 6. The second kappa shape index (κ2) is 9.10. The standard InChI is InChI=1S/C24H26FN5O2/c1-31-11-12-32-17-8-10-30-22(15-27-23(30)13-17)20-6-5-16-3-2-4-21(24(16)29-20)28-19-7-9-26-14-18(19)25/h2-6,8,10,13,15,18-19,26,28H,7,9,11-12,14H2,1H3/t18-,19?/m0/s1. The zero-order chi connectivity index (χ0) is 21.9. The summed E-state index contributed by atoms with van der Waals surface area (Å²) in [5, 5.41) is 7.49. The summed E-state index contributed by atoms with van der Waals surface area (Å²) in [6, 6.07) is 13.6. The van der Waals surface area contributed by atoms with Crippen LogP contribution in [-0.4, -0.2) is 60.0 Å². The van der Waals surface area contributed by atoms with Gasteiger partial charge in [0.15, 0.2) is 0 Å². The Bertz CT molecular complexity index is 1230. The third-order valence-electron chi connectivity index (χ3n) is 5.77. The molecule has 0 saturated carbocycles. The van der Waals surface area contributed by atoms with Crippen molar-refractivity contribution < 1.29 is 13.9 Å². The van der Waals surface area contributed by atoms with Crippen molar-refractivity contribution >= 4 is 22.2 Å². The summed E-state index contributed by atoms with van der Waals surface area (Å²) in [5.41, 5.74) is 4.13. The fraction of sp³-hybridized carbons (Fsp3) is 0.333. The molecule has 7 nitrogen and oxygen atoms in total. The molecule has 4 aromatic rings. The van der Waals surface area contributed by atoms with Gasteiger partial charge < -0.3 is 20.1 Å². The Balaban J connectivity index is 1.47. The highest BCUT2D eigenvalue weighted by molar-refractivity contribution is 5.92. The van der Waals surface area contributed by atoms with Crippen molar-refractivity contribution in [2.75, 3.05) is 38.7 Å². The van der Waals surface area contributed by atoms with Crippen molar-refractivity contribution in [3.63, 3.8) is 0 Å². The number of ether oxygens (including phenoxy) is 2. The van der Waals surface area contributed by atoms with Crippen molar-refractivity contribution in [1.82, 2.24) is 19.7 Å². The molecule has 0 spiro atoms. The molecule has 5 rings (SSSR count). The average molecular weight is 436 g/mol. The van der Waals surface area contributed by atoms with Gasteiger partial charge >= 0.3 is 0 Å².